The summed E-state index contributed by atoms with van der Waals surface area (Å²) in [6, 6.07) is 33.8. The Kier molecular flexibility index (Phi) is 11.2. The lowest BCUT2D eigenvalue weighted by Crippen LogP contribution is -2.38. The van der Waals surface area contributed by atoms with E-state index in [1.54, 1.807) is 60.7 Å². The molecular formula is C30H31ClN3O5P. The number of alkyl carbamates (subject to hydrolysis) is 1. The topological polar surface area (TPSA) is 124 Å². The van der Waals surface area contributed by atoms with Gasteiger partial charge in [-0.3, -0.25) is 5.41 Å². The summed E-state index contributed by atoms with van der Waals surface area (Å²) in [6.45, 7) is 0.0509. The molecule has 0 fully saturated rings. The minimum atomic E-state index is -4.05. The van der Waals surface area contributed by atoms with Crippen molar-refractivity contribution < 1.29 is 23.1 Å². The molecule has 8 nitrogen and oxygen atoms in total. The van der Waals surface area contributed by atoms with Crippen molar-refractivity contribution in [1.29, 1.82) is 5.41 Å². The lowest BCUT2D eigenvalue weighted by atomic mass is 10.1. The molecule has 4 N–H and O–H groups in total. The van der Waals surface area contributed by atoms with Crippen molar-refractivity contribution in [1.82, 2.24) is 5.32 Å². The van der Waals surface area contributed by atoms with Crippen LogP contribution in [-0.2, 0) is 22.3 Å². The number of carbonyl (C=O) groups excluding carboxylic acids is 1. The Bertz CT molecular complexity index is 1360. The van der Waals surface area contributed by atoms with Crippen molar-refractivity contribution in [3.63, 3.8) is 0 Å². The number of nitrogens with one attached hydrogen (secondary N) is 2. The molecule has 0 radical (unpaired) electrons. The first kappa shape index (κ1) is 30.3. The first-order valence-corrected chi connectivity index (χ1v) is 14.0. The molecule has 1 atom stereocenters. The van der Waals surface area contributed by atoms with Gasteiger partial charge in [0.05, 0.1) is 0 Å². The fourth-order valence-corrected chi connectivity index (χ4v) is 5.60. The zero-order valence-corrected chi connectivity index (χ0v) is 23.4. The van der Waals surface area contributed by atoms with Gasteiger partial charge in [-0.2, -0.15) is 0 Å². The van der Waals surface area contributed by atoms with E-state index in [1.807, 2.05) is 54.6 Å². The normalized spacial score (nSPS) is 11.4. The van der Waals surface area contributed by atoms with E-state index in [2.05, 4.69) is 5.32 Å². The molecule has 0 aliphatic carbocycles. The molecule has 4 aromatic rings. The summed E-state index contributed by atoms with van der Waals surface area (Å²) in [7, 11) is -4.05. The molecule has 0 aliphatic rings. The molecule has 1 amide bonds. The molecule has 0 bridgehead atoms. The number of aryl methyl sites for hydroxylation is 1. The maximum absolute atomic E-state index is 14.5. The molecule has 208 valence electrons. The summed E-state index contributed by atoms with van der Waals surface area (Å²) in [5, 5.41) is 10.3. The zero-order chi connectivity index (χ0) is 27.5. The van der Waals surface area contributed by atoms with Gasteiger partial charge < -0.3 is 24.8 Å². The van der Waals surface area contributed by atoms with E-state index in [0.717, 1.165) is 11.1 Å². The average molecular weight is 580 g/mol. The monoisotopic (exact) mass is 579 g/mol. The van der Waals surface area contributed by atoms with Crippen LogP contribution in [-0.4, -0.2) is 17.7 Å². The lowest BCUT2D eigenvalue weighted by Gasteiger charge is -2.28. The van der Waals surface area contributed by atoms with Crippen LogP contribution < -0.4 is 20.1 Å². The molecule has 0 saturated carbocycles. The average Bonchev–Trinajstić information content (AvgIpc) is 2.96. The molecule has 1 unspecified atom stereocenters. The van der Waals surface area contributed by atoms with Crippen molar-refractivity contribution >= 4 is 31.9 Å². The molecule has 40 heavy (non-hydrogen) atoms. The number of nitrogens with two attached hydrogens (primary N) is 1. The van der Waals surface area contributed by atoms with Crippen molar-refractivity contribution in [3.8, 4) is 11.5 Å². The third-order valence-corrected chi connectivity index (χ3v) is 7.88. The second-order valence-corrected chi connectivity index (χ2v) is 10.8. The van der Waals surface area contributed by atoms with Gasteiger partial charge in [0, 0.05) is 5.56 Å². The Morgan fingerprint density at radius 3 is 1.77 bits per heavy atom. The minimum Gasteiger partial charge on any atom is -0.445 e. The van der Waals surface area contributed by atoms with Gasteiger partial charge >= 0.3 is 13.7 Å². The highest BCUT2D eigenvalue weighted by molar-refractivity contribution is 7.55. The number of para-hydroxylation sites is 2. The van der Waals surface area contributed by atoms with Crippen LogP contribution in [0.25, 0.3) is 0 Å². The number of hydrogen-bond donors (Lipinski definition) is 3. The van der Waals surface area contributed by atoms with Crippen molar-refractivity contribution in [3.05, 3.63) is 132 Å². The van der Waals surface area contributed by atoms with Crippen LogP contribution in [0.3, 0.4) is 0 Å². The zero-order valence-electron chi connectivity index (χ0n) is 21.6. The van der Waals surface area contributed by atoms with E-state index >= 15 is 0 Å². The standard InChI is InChI=1S/C30H30N3O5P.ClH/c31-29(32)25-19-16-23(17-20-25)18-21-28(33-30(34)36-22-24-10-4-1-5-11-24)39(35,37-26-12-6-2-7-13-26)38-27-14-8-3-9-15-27;/h1-17,19-20,28H,18,21-22H2,(H3,31,32)(H,33,34);1H. The van der Waals surface area contributed by atoms with E-state index in [1.165, 1.54) is 0 Å². The van der Waals surface area contributed by atoms with Crippen LogP contribution in [0.2, 0.25) is 0 Å². The van der Waals surface area contributed by atoms with Crippen molar-refractivity contribution in [2.24, 2.45) is 5.73 Å². The minimum absolute atomic E-state index is 0. The fraction of sp³-hybridized carbons (Fsp3) is 0.133. The molecule has 0 aromatic heterocycles. The predicted octanol–water partition coefficient (Wildman–Crippen LogP) is 6.93. The van der Waals surface area contributed by atoms with Gasteiger partial charge in [-0.1, -0.05) is 91.0 Å². The van der Waals surface area contributed by atoms with Gasteiger partial charge in [0.2, 0.25) is 0 Å². The van der Waals surface area contributed by atoms with Crippen LogP contribution in [0.4, 0.5) is 4.79 Å². The SMILES string of the molecule is Cl.N=C(N)c1ccc(CCC(NC(=O)OCc2ccccc2)P(=O)(Oc2ccccc2)Oc2ccccc2)cc1. The number of amides is 1. The molecule has 0 saturated heterocycles. The van der Waals surface area contributed by atoms with Gasteiger partial charge in [-0.15, -0.1) is 12.4 Å². The largest absolute Gasteiger partial charge is 0.453 e. The third-order valence-electron chi connectivity index (χ3n) is 5.80. The van der Waals surface area contributed by atoms with E-state index in [4.69, 9.17) is 24.9 Å². The van der Waals surface area contributed by atoms with E-state index in [-0.39, 0.29) is 31.3 Å². The number of carbonyl (C=O) groups is 1. The first-order chi connectivity index (χ1) is 18.9. The van der Waals surface area contributed by atoms with Crippen LogP contribution in [0.1, 0.15) is 23.1 Å². The van der Waals surface area contributed by atoms with E-state index in [9.17, 15) is 9.36 Å². The van der Waals surface area contributed by atoms with Gasteiger partial charge in [0.15, 0.2) is 5.78 Å². The van der Waals surface area contributed by atoms with E-state index in [0.29, 0.717) is 23.5 Å². The summed E-state index contributed by atoms with van der Waals surface area (Å²) < 4.78 is 31.9. The number of halogens is 1. The van der Waals surface area contributed by atoms with E-state index < -0.39 is 19.5 Å². The number of ether oxygens (including phenoxy) is 1. The smallest absolute Gasteiger partial charge is 0.445 e. The Balaban J connectivity index is 0.00000441. The molecule has 10 heteroatoms. The number of hydrogen-bond acceptors (Lipinski definition) is 6. The van der Waals surface area contributed by atoms with Crippen LogP contribution in [0.15, 0.2) is 115 Å². The quantitative estimate of drug-likeness (QED) is 0.0950. The number of amidine groups is 1. The highest BCUT2D eigenvalue weighted by Crippen LogP contribution is 2.53. The van der Waals surface area contributed by atoms with Crippen LogP contribution in [0, 0.1) is 5.41 Å². The molecule has 0 spiro atoms. The highest BCUT2D eigenvalue weighted by atomic mass is 35.5. The summed E-state index contributed by atoms with van der Waals surface area (Å²) in [5.74, 6) is -0.396. The number of nitrogen functional groups attached to an aromatic ring is 1. The number of rotatable bonds is 12. The van der Waals surface area contributed by atoms with Gasteiger partial charge in [0.1, 0.15) is 23.9 Å². The second-order valence-electron chi connectivity index (χ2n) is 8.72. The maximum atomic E-state index is 14.5. The Hall–Kier alpha value is -4.26. The number of benzene rings is 4. The molecule has 0 heterocycles. The first-order valence-electron chi connectivity index (χ1n) is 12.4. The predicted molar refractivity (Wildman–Crippen MR) is 158 cm³/mol. The fourth-order valence-electron chi connectivity index (χ4n) is 3.77. The van der Waals surface area contributed by atoms with Crippen LogP contribution >= 0.6 is 20.0 Å². The molecule has 4 aromatic carbocycles. The maximum Gasteiger partial charge on any atom is 0.453 e. The highest BCUT2D eigenvalue weighted by Gasteiger charge is 2.41. The molecule has 4 rings (SSSR count). The van der Waals surface area contributed by atoms with Crippen LogP contribution in [0.5, 0.6) is 11.5 Å². The Morgan fingerprint density at radius 1 is 0.775 bits per heavy atom. The lowest BCUT2D eigenvalue weighted by molar-refractivity contribution is 0.137. The second kappa shape index (κ2) is 14.8. The van der Waals surface area contributed by atoms with Gasteiger partial charge in [0.25, 0.3) is 0 Å². The van der Waals surface area contributed by atoms with Crippen molar-refractivity contribution in [2.45, 2.75) is 25.2 Å². The summed E-state index contributed by atoms with van der Waals surface area (Å²) in [5.41, 5.74) is 7.88. The van der Waals surface area contributed by atoms with Crippen molar-refractivity contribution in [2.75, 3.05) is 0 Å². The Morgan fingerprint density at radius 2 is 1.27 bits per heavy atom. The van der Waals surface area contributed by atoms with Gasteiger partial charge in [-0.05, 0) is 48.2 Å². The summed E-state index contributed by atoms with van der Waals surface area (Å²) >= 11 is 0. The Labute approximate surface area is 239 Å². The molecular weight excluding hydrogens is 549 g/mol. The third kappa shape index (κ3) is 8.90. The molecule has 0 aliphatic heterocycles. The summed E-state index contributed by atoms with van der Waals surface area (Å²) in [6.07, 6.45) is -0.0943. The summed E-state index contributed by atoms with van der Waals surface area (Å²) in [4.78, 5) is 12.9. The van der Waals surface area contributed by atoms with Gasteiger partial charge in [-0.25, -0.2) is 9.36 Å².